The van der Waals surface area contributed by atoms with Gasteiger partial charge in [0.2, 0.25) is 0 Å². The van der Waals surface area contributed by atoms with Crippen LogP contribution in [0.25, 0.3) is 10.8 Å². The minimum absolute atomic E-state index is 0.0980. The fourth-order valence-electron chi connectivity index (χ4n) is 3.55. The van der Waals surface area contributed by atoms with Gasteiger partial charge >= 0.3 is 0 Å². The van der Waals surface area contributed by atoms with Crippen molar-refractivity contribution in [2.45, 2.75) is 6.54 Å². The van der Waals surface area contributed by atoms with Crippen LogP contribution in [0.1, 0.15) is 15.9 Å². The lowest BCUT2D eigenvalue weighted by Gasteiger charge is -2.22. The van der Waals surface area contributed by atoms with Crippen molar-refractivity contribution in [3.63, 3.8) is 0 Å². The van der Waals surface area contributed by atoms with Crippen LogP contribution in [0.3, 0.4) is 0 Å². The highest BCUT2D eigenvalue weighted by atomic mass is 16.5. The lowest BCUT2D eigenvalue weighted by molar-refractivity contribution is -0.892. The number of anilines is 1. The Morgan fingerprint density at radius 1 is 1.00 bits per heavy atom. The van der Waals surface area contributed by atoms with Crippen LogP contribution in [0.15, 0.2) is 60.7 Å². The van der Waals surface area contributed by atoms with Gasteiger partial charge in [-0.15, -0.1) is 0 Å². The summed E-state index contributed by atoms with van der Waals surface area (Å²) in [5.41, 5.74) is 3.05. The topological polar surface area (TPSA) is 34.0 Å². The van der Waals surface area contributed by atoms with Crippen LogP contribution in [0.2, 0.25) is 0 Å². The fourth-order valence-corrected chi connectivity index (χ4v) is 3.55. The zero-order valence-corrected chi connectivity index (χ0v) is 14.5. The van der Waals surface area contributed by atoms with E-state index in [9.17, 15) is 4.79 Å². The van der Waals surface area contributed by atoms with E-state index in [1.165, 1.54) is 10.5 Å². The Morgan fingerprint density at radius 3 is 2.44 bits per heavy atom. The molecule has 1 aliphatic heterocycles. The number of nitrogens with zero attached hydrogens (tertiary/aromatic N) is 1. The number of carbonyl (C=O) groups excluding carboxylic acids is 1. The molecule has 1 aliphatic rings. The van der Waals surface area contributed by atoms with Crippen molar-refractivity contribution in [3.05, 3.63) is 71.8 Å². The number of rotatable bonds is 5. The highest BCUT2D eigenvalue weighted by Crippen LogP contribution is 2.36. The second-order valence-electron chi connectivity index (χ2n) is 6.55. The highest BCUT2D eigenvalue weighted by Gasteiger charge is 2.31. The summed E-state index contributed by atoms with van der Waals surface area (Å²) < 4.78 is 5.20. The molecule has 25 heavy (non-hydrogen) atoms. The number of methoxy groups -OCH3 is 1. The lowest BCUT2D eigenvalue weighted by atomic mass is 10.1. The second-order valence-corrected chi connectivity index (χ2v) is 6.55. The number of benzene rings is 3. The Hall–Kier alpha value is -2.85. The van der Waals surface area contributed by atoms with E-state index in [-0.39, 0.29) is 5.91 Å². The molecule has 0 spiro atoms. The molecule has 4 heteroatoms. The summed E-state index contributed by atoms with van der Waals surface area (Å²) in [7, 11) is 3.78. The molecule has 0 aliphatic carbocycles. The quantitative estimate of drug-likeness (QED) is 0.778. The smallest absolute Gasteiger partial charge is 0.263 e. The number of ether oxygens (including phenoxy) is 1. The number of amides is 1. The third-order valence-corrected chi connectivity index (χ3v) is 4.74. The number of hydrogen-bond acceptors (Lipinski definition) is 2. The van der Waals surface area contributed by atoms with Gasteiger partial charge in [-0.2, -0.15) is 0 Å². The molecule has 1 amide bonds. The summed E-state index contributed by atoms with van der Waals surface area (Å²) in [5.74, 6) is 0.958. The summed E-state index contributed by atoms with van der Waals surface area (Å²) in [5, 5.41) is 2.20. The highest BCUT2D eigenvalue weighted by molar-refractivity contribution is 6.24. The van der Waals surface area contributed by atoms with E-state index < -0.39 is 0 Å². The third kappa shape index (κ3) is 2.75. The zero-order chi connectivity index (χ0) is 17.4. The molecule has 3 aromatic carbocycles. The molecule has 3 aromatic rings. The first-order valence-corrected chi connectivity index (χ1v) is 8.45. The van der Waals surface area contributed by atoms with Gasteiger partial charge in [0.15, 0.2) is 6.67 Å². The van der Waals surface area contributed by atoms with E-state index in [0.29, 0.717) is 6.67 Å². The van der Waals surface area contributed by atoms with Gasteiger partial charge in [0, 0.05) is 10.9 Å². The van der Waals surface area contributed by atoms with Gasteiger partial charge in [-0.3, -0.25) is 9.69 Å². The lowest BCUT2D eigenvalue weighted by Crippen LogP contribution is -3.09. The monoisotopic (exact) mass is 333 g/mol. The maximum Gasteiger partial charge on any atom is 0.263 e. The van der Waals surface area contributed by atoms with E-state index >= 15 is 0 Å². The molecule has 0 aromatic heterocycles. The van der Waals surface area contributed by atoms with Crippen LogP contribution in [0.4, 0.5) is 5.69 Å². The van der Waals surface area contributed by atoms with Gasteiger partial charge in [0.1, 0.15) is 12.3 Å². The summed E-state index contributed by atoms with van der Waals surface area (Å²) >= 11 is 0. The minimum Gasteiger partial charge on any atom is -0.497 e. The number of hydrogen-bond donors (Lipinski definition) is 1. The van der Waals surface area contributed by atoms with Crippen molar-refractivity contribution >= 4 is 22.4 Å². The van der Waals surface area contributed by atoms with Crippen molar-refractivity contribution in [1.29, 1.82) is 0 Å². The van der Waals surface area contributed by atoms with Gasteiger partial charge < -0.3 is 9.64 Å². The molecular weight excluding hydrogens is 312 g/mol. The maximum atomic E-state index is 12.8. The van der Waals surface area contributed by atoms with Gasteiger partial charge in [0.05, 0.1) is 25.4 Å². The Morgan fingerprint density at radius 2 is 1.72 bits per heavy atom. The van der Waals surface area contributed by atoms with Crippen molar-refractivity contribution in [2.75, 3.05) is 25.7 Å². The minimum atomic E-state index is 0.0980. The van der Waals surface area contributed by atoms with E-state index in [4.69, 9.17) is 4.74 Å². The second kappa shape index (κ2) is 6.22. The standard InChI is InChI=1S/C21H20N2O2/c1-22(13-15-9-11-17(25-2)12-10-15)14-23-19-8-4-6-16-5-3-7-18(20(16)19)21(23)24/h3-12H,13-14H2,1-2H3/p+1. The average molecular weight is 333 g/mol. The van der Waals surface area contributed by atoms with E-state index in [1.54, 1.807) is 7.11 Å². The van der Waals surface area contributed by atoms with Gasteiger partial charge in [0.25, 0.3) is 5.91 Å². The molecule has 0 saturated heterocycles. The first kappa shape index (κ1) is 15.7. The van der Waals surface area contributed by atoms with Crippen LogP contribution >= 0.6 is 0 Å². The molecule has 4 nitrogen and oxygen atoms in total. The Kier molecular flexibility index (Phi) is 3.90. The van der Waals surface area contributed by atoms with Crippen LogP contribution in [0, 0.1) is 0 Å². The summed E-state index contributed by atoms with van der Waals surface area (Å²) in [4.78, 5) is 16.0. The van der Waals surface area contributed by atoms with Crippen LogP contribution in [-0.2, 0) is 6.54 Å². The van der Waals surface area contributed by atoms with Gasteiger partial charge in [-0.25, -0.2) is 0 Å². The molecule has 1 heterocycles. The molecule has 1 N–H and O–H groups in total. The van der Waals surface area contributed by atoms with Crippen LogP contribution in [-0.4, -0.2) is 26.7 Å². The SMILES string of the molecule is COc1ccc(C[NH+](C)CN2C(=O)c3cccc4cccc2c34)cc1. The van der Waals surface area contributed by atoms with E-state index in [1.807, 2.05) is 41.3 Å². The molecule has 1 atom stereocenters. The van der Waals surface area contributed by atoms with Crippen molar-refractivity contribution < 1.29 is 14.4 Å². The Labute approximate surface area is 147 Å². The van der Waals surface area contributed by atoms with Crippen molar-refractivity contribution in [2.24, 2.45) is 0 Å². The normalized spacial score (nSPS) is 14.2. The molecule has 0 saturated carbocycles. The predicted molar refractivity (Wildman–Crippen MR) is 99.2 cm³/mol. The molecule has 0 bridgehead atoms. The molecule has 0 fully saturated rings. The largest absolute Gasteiger partial charge is 0.497 e. The first-order valence-electron chi connectivity index (χ1n) is 8.45. The van der Waals surface area contributed by atoms with Crippen molar-refractivity contribution in [3.8, 4) is 5.75 Å². The van der Waals surface area contributed by atoms with Gasteiger partial charge in [-0.1, -0.05) is 24.3 Å². The predicted octanol–water partition coefficient (Wildman–Crippen LogP) is 2.48. The Bertz CT molecular complexity index is 929. The summed E-state index contributed by atoms with van der Waals surface area (Å²) in [6.07, 6.45) is 0. The maximum absolute atomic E-state index is 12.8. The zero-order valence-electron chi connectivity index (χ0n) is 14.5. The molecule has 126 valence electrons. The molecule has 1 unspecified atom stereocenters. The van der Waals surface area contributed by atoms with Crippen LogP contribution in [0.5, 0.6) is 5.75 Å². The summed E-state index contributed by atoms with van der Waals surface area (Å²) in [6.45, 7) is 1.48. The average Bonchev–Trinajstić information content (AvgIpc) is 2.90. The Balaban J connectivity index is 1.55. The molecule has 0 radical (unpaired) electrons. The van der Waals surface area contributed by atoms with E-state index in [0.717, 1.165) is 34.3 Å². The first-order chi connectivity index (χ1) is 12.2. The van der Waals surface area contributed by atoms with Crippen molar-refractivity contribution in [1.82, 2.24) is 0 Å². The fraction of sp³-hybridized carbons (Fsp3) is 0.190. The molecule has 4 rings (SSSR count). The number of carbonyl (C=O) groups is 1. The molecular formula is C21H21N2O2+. The van der Waals surface area contributed by atoms with Crippen LogP contribution < -0.4 is 14.5 Å². The number of nitrogens with one attached hydrogen (secondary N) is 1. The third-order valence-electron chi connectivity index (χ3n) is 4.74. The van der Waals surface area contributed by atoms with E-state index in [2.05, 4.69) is 31.3 Å². The summed E-state index contributed by atoms with van der Waals surface area (Å²) in [6, 6.07) is 20.2. The van der Waals surface area contributed by atoms with Gasteiger partial charge in [-0.05, 0) is 41.8 Å². The number of quaternary nitrogens is 1.